The molecule has 0 spiro atoms. The van der Waals surface area contributed by atoms with E-state index in [1.54, 1.807) is 0 Å². The maximum absolute atomic E-state index is 13.6. The van der Waals surface area contributed by atoms with Gasteiger partial charge in [0.25, 0.3) is 0 Å². The molecule has 0 aromatic heterocycles. The van der Waals surface area contributed by atoms with Crippen molar-refractivity contribution in [1.82, 2.24) is 0 Å². The van der Waals surface area contributed by atoms with Gasteiger partial charge in [-0.1, -0.05) is 13.3 Å². The lowest BCUT2D eigenvalue weighted by molar-refractivity contribution is -0.136. The average Bonchev–Trinajstić information content (AvgIpc) is 3.21. The SMILES string of the molecule is CCCCOCCOCCOCCOCCOCCOCCOCCOCCOCCOCCOCCOCCOCCC(=O)Oc1c(F)c(F)c(F)c(F)c1F. The van der Waals surface area contributed by atoms with Gasteiger partial charge in [0, 0.05) is 6.61 Å². The predicted octanol–water partition coefficient (Wildman–Crippen LogP) is 3.69. The molecule has 0 aliphatic carbocycles. The second-order valence-corrected chi connectivity index (χ2v) is 11.4. The van der Waals surface area contributed by atoms with Crippen LogP contribution in [0.5, 0.6) is 5.75 Å². The second kappa shape index (κ2) is 39.3. The van der Waals surface area contributed by atoms with Crippen molar-refractivity contribution < 1.29 is 93.1 Å². The van der Waals surface area contributed by atoms with E-state index in [2.05, 4.69) is 11.7 Å². The average molecular weight is 841 g/mol. The molecule has 1 aromatic carbocycles. The fourth-order valence-electron chi connectivity index (χ4n) is 3.98. The molecule has 15 nitrogen and oxygen atoms in total. The van der Waals surface area contributed by atoms with Crippen molar-refractivity contribution in [2.24, 2.45) is 0 Å². The van der Waals surface area contributed by atoms with Crippen LogP contribution in [-0.4, -0.2) is 178 Å². The Kier molecular flexibility index (Phi) is 36.4. The summed E-state index contributed by atoms with van der Waals surface area (Å²) in [5, 5.41) is 0. The summed E-state index contributed by atoms with van der Waals surface area (Å²) in [6.07, 6.45) is 1.72. The highest BCUT2D eigenvalue weighted by atomic mass is 19.2. The van der Waals surface area contributed by atoms with Gasteiger partial charge in [-0.2, -0.15) is 8.78 Å². The highest BCUT2D eigenvalue weighted by molar-refractivity contribution is 5.72. The van der Waals surface area contributed by atoms with Crippen molar-refractivity contribution in [3.8, 4) is 5.75 Å². The van der Waals surface area contributed by atoms with Crippen molar-refractivity contribution in [1.29, 1.82) is 0 Å². The zero-order chi connectivity index (χ0) is 41.4. The summed E-state index contributed by atoms with van der Waals surface area (Å²) in [7, 11) is 0. The van der Waals surface area contributed by atoms with Crippen LogP contribution in [0, 0.1) is 29.1 Å². The lowest BCUT2D eigenvalue weighted by Gasteiger charge is -2.09. The lowest BCUT2D eigenvalue weighted by atomic mass is 10.2. The van der Waals surface area contributed by atoms with Crippen LogP contribution in [0.4, 0.5) is 22.0 Å². The summed E-state index contributed by atoms with van der Waals surface area (Å²) in [4.78, 5) is 11.7. The first-order chi connectivity index (χ1) is 27.9. The minimum atomic E-state index is -2.35. The second-order valence-electron chi connectivity index (χ2n) is 11.4. The Morgan fingerprint density at radius 3 is 0.789 bits per heavy atom. The number of carbonyl (C=O) groups is 1. The smallest absolute Gasteiger partial charge is 0.313 e. The Labute approximate surface area is 331 Å². The van der Waals surface area contributed by atoms with Gasteiger partial charge in [-0.05, 0) is 6.42 Å². The van der Waals surface area contributed by atoms with Crippen LogP contribution in [0.3, 0.4) is 0 Å². The molecule has 0 heterocycles. The zero-order valence-corrected chi connectivity index (χ0v) is 33.0. The van der Waals surface area contributed by atoms with Crippen LogP contribution in [0.15, 0.2) is 0 Å². The molecular formula is C37H61F5O15. The normalized spacial score (nSPS) is 11.5. The topological polar surface area (TPSA) is 146 Å². The first-order valence-corrected chi connectivity index (χ1v) is 19.1. The van der Waals surface area contributed by atoms with Crippen LogP contribution in [0.1, 0.15) is 26.2 Å². The highest BCUT2D eigenvalue weighted by Gasteiger charge is 2.28. The molecule has 57 heavy (non-hydrogen) atoms. The summed E-state index contributed by atoms with van der Waals surface area (Å²) < 4.78 is 141. The summed E-state index contributed by atoms with van der Waals surface area (Å²) in [5.74, 6) is -14.1. The van der Waals surface area contributed by atoms with E-state index >= 15 is 0 Å². The van der Waals surface area contributed by atoms with Gasteiger partial charge in [-0.25, -0.2) is 13.2 Å². The number of benzene rings is 1. The number of esters is 1. The van der Waals surface area contributed by atoms with E-state index in [1.165, 1.54) is 0 Å². The third-order valence-corrected chi connectivity index (χ3v) is 6.94. The number of hydrogen-bond acceptors (Lipinski definition) is 15. The minimum Gasteiger partial charge on any atom is -0.420 e. The summed E-state index contributed by atoms with van der Waals surface area (Å²) in [6.45, 7) is 12.9. The van der Waals surface area contributed by atoms with Crippen molar-refractivity contribution in [3.05, 3.63) is 29.1 Å². The van der Waals surface area contributed by atoms with Crippen molar-refractivity contribution >= 4 is 5.97 Å². The van der Waals surface area contributed by atoms with E-state index in [-0.39, 0.29) is 26.4 Å². The molecule has 0 N–H and O–H groups in total. The van der Waals surface area contributed by atoms with Gasteiger partial charge in [-0.3, -0.25) is 4.79 Å². The van der Waals surface area contributed by atoms with Crippen LogP contribution in [0.2, 0.25) is 0 Å². The van der Waals surface area contributed by atoms with Gasteiger partial charge in [-0.15, -0.1) is 0 Å². The minimum absolute atomic E-state index is 0.0783. The van der Waals surface area contributed by atoms with Crippen LogP contribution >= 0.6 is 0 Å². The molecule has 0 aliphatic heterocycles. The van der Waals surface area contributed by atoms with E-state index in [0.717, 1.165) is 19.4 Å². The van der Waals surface area contributed by atoms with Crippen LogP contribution in [0.25, 0.3) is 0 Å². The molecule has 1 rings (SSSR count). The van der Waals surface area contributed by atoms with Crippen molar-refractivity contribution in [2.75, 3.05) is 172 Å². The fourth-order valence-corrected chi connectivity index (χ4v) is 3.98. The Hall–Kier alpha value is -2.18. The molecule has 1 aromatic rings. The van der Waals surface area contributed by atoms with Gasteiger partial charge < -0.3 is 66.3 Å². The highest BCUT2D eigenvalue weighted by Crippen LogP contribution is 2.29. The van der Waals surface area contributed by atoms with Crippen molar-refractivity contribution in [2.45, 2.75) is 26.2 Å². The predicted molar refractivity (Wildman–Crippen MR) is 192 cm³/mol. The van der Waals surface area contributed by atoms with E-state index < -0.39 is 47.2 Å². The molecular weight excluding hydrogens is 779 g/mol. The van der Waals surface area contributed by atoms with Gasteiger partial charge in [0.1, 0.15) is 0 Å². The van der Waals surface area contributed by atoms with Gasteiger partial charge in [0.2, 0.25) is 34.8 Å². The molecule has 0 saturated carbocycles. The molecule has 0 radical (unpaired) electrons. The summed E-state index contributed by atoms with van der Waals surface area (Å²) in [5.41, 5.74) is 0. The van der Waals surface area contributed by atoms with E-state index in [1.807, 2.05) is 0 Å². The molecule has 0 fully saturated rings. The van der Waals surface area contributed by atoms with Crippen LogP contribution in [-0.2, 0) is 66.4 Å². The van der Waals surface area contributed by atoms with E-state index in [4.69, 9.17) is 61.6 Å². The number of halogens is 5. The Morgan fingerprint density at radius 2 is 0.544 bits per heavy atom. The quantitative estimate of drug-likeness (QED) is 0.0235. The number of rotatable bonds is 43. The Bertz CT molecular complexity index is 1070. The first kappa shape index (κ1) is 52.8. The summed E-state index contributed by atoms with van der Waals surface area (Å²) >= 11 is 0. The molecule has 334 valence electrons. The third-order valence-electron chi connectivity index (χ3n) is 6.94. The van der Waals surface area contributed by atoms with Crippen LogP contribution < -0.4 is 4.74 Å². The Balaban J connectivity index is 1.70. The van der Waals surface area contributed by atoms with Gasteiger partial charge in [0.05, 0.1) is 172 Å². The third kappa shape index (κ3) is 30.5. The lowest BCUT2D eigenvalue weighted by Crippen LogP contribution is -2.16. The van der Waals surface area contributed by atoms with E-state index in [9.17, 15) is 26.7 Å². The van der Waals surface area contributed by atoms with Crippen molar-refractivity contribution in [3.63, 3.8) is 0 Å². The number of hydrogen-bond donors (Lipinski definition) is 0. The zero-order valence-electron chi connectivity index (χ0n) is 33.0. The molecule has 0 amide bonds. The monoisotopic (exact) mass is 840 g/mol. The largest absolute Gasteiger partial charge is 0.420 e. The number of ether oxygens (including phenoxy) is 14. The molecule has 0 unspecified atom stereocenters. The Morgan fingerprint density at radius 1 is 0.333 bits per heavy atom. The number of carbonyl (C=O) groups excluding carboxylic acids is 1. The number of unbranched alkanes of at least 4 members (excludes halogenated alkanes) is 1. The first-order valence-electron chi connectivity index (χ1n) is 19.1. The van der Waals surface area contributed by atoms with Gasteiger partial charge in [0.15, 0.2) is 0 Å². The van der Waals surface area contributed by atoms with E-state index in [0.29, 0.717) is 139 Å². The fraction of sp³-hybridized carbons (Fsp3) is 0.811. The molecule has 0 aliphatic rings. The molecule has 20 heteroatoms. The maximum atomic E-state index is 13.6. The summed E-state index contributed by atoms with van der Waals surface area (Å²) in [6, 6.07) is 0. The van der Waals surface area contributed by atoms with Gasteiger partial charge >= 0.3 is 5.97 Å². The molecule has 0 saturated heterocycles. The molecule has 0 bridgehead atoms. The standard InChI is InChI=1S/C37H61F5O15/c1-2-3-5-44-7-9-46-11-13-48-15-17-50-19-21-52-23-25-54-27-29-56-30-28-55-26-24-53-22-20-51-18-16-49-14-12-47-10-8-45-6-4-31(43)57-37-35(41)33(39)32(38)34(40)36(37)42/h2-30H2,1H3. The molecule has 0 atom stereocenters. The maximum Gasteiger partial charge on any atom is 0.313 e.